The lowest BCUT2D eigenvalue weighted by Gasteiger charge is -2.00. The highest BCUT2D eigenvalue weighted by Gasteiger charge is 2.07. The minimum atomic E-state index is 0.226. The first-order valence-corrected chi connectivity index (χ1v) is 4.13. The van der Waals surface area contributed by atoms with Crippen molar-refractivity contribution in [3.05, 3.63) is 24.3 Å². The summed E-state index contributed by atoms with van der Waals surface area (Å²) in [4.78, 5) is 0. The van der Waals surface area contributed by atoms with Crippen molar-refractivity contribution in [1.29, 1.82) is 0 Å². The number of benzene rings is 1. The highest BCUT2D eigenvalue weighted by Crippen LogP contribution is 2.20. The van der Waals surface area contributed by atoms with Crippen LogP contribution in [-0.4, -0.2) is 19.9 Å². The number of anilines is 1. The molecular weight excluding hydrogens is 180 g/mol. The van der Waals surface area contributed by atoms with Crippen molar-refractivity contribution in [3.8, 4) is 17.1 Å². The molecule has 72 valence electrons. The Morgan fingerprint density at radius 3 is 2.36 bits per heavy atom. The van der Waals surface area contributed by atoms with Gasteiger partial charge in [0.15, 0.2) is 5.82 Å². The molecule has 0 aliphatic carbocycles. The largest absolute Gasteiger partial charge is 0.508 e. The monoisotopic (exact) mass is 190 g/mol. The molecule has 2 aromatic rings. The van der Waals surface area contributed by atoms with Crippen LogP contribution in [0.15, 0.2) is 24.3 Å². The van der Waals surface area contributed by atoms with Crippen LogP contribution in [0, 0.1) is 0 Å². The van der Waals surface area contributed by atoms with Crippen LogP contribution in [0.3, 0.4) is 0 Å². The molecule has 0 spiro atoms. The molecule has 0 aliphatic heterocycles. The van der Waals surface area contributed by atoms with E-state index in [0.29, 0.717) is 11.8 Å². The van der Waals surface area contributed by atoms with Crippen molar-refractivity contribution in [3.63, 3.8) is 0 Å². The number of rotatable bonds is 1. The normalized spacial score (nSPS) is 10.4. The molecule has 0 atom stereocenters. The molecule has 1 aromatic carbocycles. The van der Waals surface area contributed by atoms with E-state index >= 15 is 0 Å². The molecule has 1 heterocycles. The number of phenols is 1. The second-order valence-corrected chi connectivity index (χ2v) is 2.99. The second kappa shape index (κ2) is 3.02. The molecule has 0 saturated heterocycles. The Bertz CT molecular complexity index is 446. The maximum atomic E-state index is 9.11. The zero-order valence-electron chi connectivity index (χ0n) is 7.68. The van der Waals surface area contributed by atoms with Crippen LogP contribution in [0.4, 0.5) is 5.95 Å². The van der Waals surface area contributed by atoms with Crippen LogP contribution in [0.5, 0.6) is 5.75 Å². The lowest BCUT2D eigenvalue weighted by molar-refractivity contribution is 0.475. The van der Waals surface area contributed by atoms with Gasteiger partial charge in [-0.3, -0.25) is 4.57 Å². The average Bonchev–Trinajstić information content (AvgIpc) is 2.50. The van der Waals surface area contributed by atoms with Crippen molar-refractivity contribution in [1.82, 2.24) is 14.8 Å². The molecule has 1 aromatic heterocycles. The Morgan fingerprint density at radius 2 is 1.86 bits per heavy atom. The first-order valence-electron chi connectivity index (χ1n) is 4.13. The second-order valence-electron chi connectivity index (χ2n) is 2.99. The van der Waals surface area contributed by atoms with Gasteiger partial charge in [-0.1, -0.05) is 0 Å². The third-order valence-electron chi connectivity index (χ3n) is 2.03. The lowest BCUT2D eigenvalue weighted by atomic mass is 10.2. The summed E-state index contributed by atoms with van der Waals surface area (Å²) in [6.07, 6.45) is 0. The number of hydrogen-bond donors (Lipinski definition) is 2. The van der Waals surface area contributed by atoms with Gasteiger partial charge in [0.25, 0.3) is 0 Å². The number of nitrogens with two attached hydrogens (primary N) is 1. The fourth-order valence-corrected chi connectivity index (χ4v) is 1.20. The first kappa shape index (κ1) is 8.55. The predicted octanol–water partition coefficient (Wildman–Crippen LogP) is 0.770. The summed E-state index contributed by atoms with van der Waals surface area (Å²) in [5.41, 5.74) is 6.42. The number of nitrogens with zero attached hydrogens (tertiary/aromatic N) is 3. The maximum absolute atomic E-state index is 9.11. The molecule has 0 unspecified atom stereocenters. The molecule has 0 amide bonds. The maximum Gasteiger partial charge on any atom is 0.222 e. The van der Waals surface area contributed by atoms with Crippen LogP contribution in [-0.2, 0) is 7.05 Å². The lowest BCUT2D eigenvalue weighted by Crippen LogP contribution is -1.98. The Hall–Kier alpha value is -2.04. The number of phenolic OH excluding ortho intramolecular Hbond substituents is 1. The van der Waals surface area contributed by atoms with Crippen molar-refractivity contribution in [2.45, 2.75) is 0 Å². The number of nitrogen functional groups attached to an aromatic ring is 1. The Morgan fingerprint density at radius 1 is 1.21 bits per heavy atom. The van der Waals surface area contributed by atoms with Crippen molar-refractivity contribution >= 4 is 5.95 Å². The van der Waals surface area contributed by atoms with Gasteiger partial charge in [-0.05, 0) is 24.3 Å². The molecule has 0 bridgehead atoms. The van der Waals surface area contributed by atoms with E-state index in [9.17, 15) is 0 Å². The summed E-state index contributed by atoms with van der Waals surface area (Å²) in [6, 6.07) is 6.72. The van der Waals surface area contributed by atoms with Crippen molar-refractivity contribution in [2.75, 3.05) is 5.73 Å². The Balaban J connectivity index is 2.49. The first-order chi connectivity index (χ1) is 6.68. The van der Waals surface area contributed by atoms with Gasteiger partial charge in [-0.2, -0.15) is 0 Å². The summed E-state index contributed by atoms with van der Waals surface area (Å²) < 4.78 is 1.69. The molecule has 0 fully saturated rings. The van der Waals surface area contributed by atoms with E-state index in [0.717, 1.165) is 5.56 Å². The standard InChI is InChI=1S/C9H10N4O/c1-13-8(11-12-9(13)10)6-2-4-7(14)5-3-6/h2-5,14H,1H3,(H2,10,12). The number of aromatic nitrogens is 3. The molecule has 5 nitrogen and oxygen atoms in total. The van der Waals surface area contributed by atoms with Crippen LogP contribution < -0.4 is 5.73 Å². The highest BCUT2D eigenvalue weighted by atomic mass is 16.3. The molecule has 0 aliphatic rings. The SMILES string of the molecule is Cn1c(N)nnc1-c1ccc(O)cc1. The van der Waals surface area contributed by atoms with Gasteiger partial charge in [0.1, 0.15) is 5.75 Å². The van der Waals surface area contributed by atoms with E-state index in [1.807, 2.05) is 0 Å². The molecule has 2 rings (SSSR count). The molecule has 0 radical (unpaired) electrons. The van der Waals surface area contributed by atoms with Gasteiger partial charge in [0.05, 0.1) is 0 Å². The predicted molar refractivity (Wildman–Crippen MR) is 52.5 cm³/mol. The molecule has 14 heavy (non-hydrogen) atoms. The quantitative estimate of drug-likeness (QED) is 0.696. The molecular formula is C9H10N4O. The summed E-state index contributed by atoms with van der Waals surface area (Å²) in [5.74, 6) is 1.28. The summed E-state index contributed by atoms with van der Waals surface area (Å²) in [5, 5.41) is 16.8. The van der Waals surface area contributed by atoms with Crippen LogP contribution in [0.2, 0.25) is 0 Å². The third kappa shape index (κ3) is 1.28. The third-order valence-corrected chi connectivity index (χ3v) is 2.03. The van der Waals surface area contributed by atoms with E-state index in [2.05, 4.69) is 10.2 Å². The zero-order valence-corrected chi connectivity index (χ0v) is 7.68. The Kier molecular flexibility index (Phi) is 1.85. The van der Waals surface area contributed by atoms with E-state index in [1.165, 1.54) is 0 Å². The fraction of sp³-hybridized carbons (Fsp3) is 0.111. The van der Waals surface area contributed by atoms with E-state index in [-0.39, 0.29) is 5.75 Å². The van der Waals surface area contributed by atoms with Gasteiger partial charge >= 0.3 is 0 Å². The van der Waals surface area contributed by atoms with Gasteiger partial charge in [0.2, 0.25) is 5.95 Å². The molecule has 0 saturated carbocycles. The number of aromatic hydroxyl groups is 1. The summed E-state index contributed by atoms with van der Waals surface area (Å²) in [6.45, 7) is 0. The van der Waals surface area contributed by atoms with Crippen LogP contribution in [0.1, 0.15) is 0 Å². The summed E-state index contributed by atoms with van der Waals surface area (Å²) in [7, 11) is 1.79. The summed E-state index contributed by atoms with van der Waals surface area (Å²) >= 11 is 0. The minimum absolute atomic E-state index is 0.226. The number of hydrogen-bond acceptors (Lipinski definition) is 4. The van der Waals surface area contributed by atoms with Crippen molar-refractivity contribution in [2.24, 2.45) is 7.05 Å². The van der Waals surface area contributed by atoms with E-state index < -0.39 is 0 Å². The molecule has 5 heteroatoms. The van der Waals surface area contributed by atoms with Gasteiger partial charge in [-0.25, -0.2) is 0 Å². The van der Waals surface area contributed by atoms with Crippen molar-refractivity contribution < 1.29 is 5.11 Å². The highest BCUT2D eigenvalue weighted by molar-refractivity contribution is 5.57. The van der Waals surface area contributed by atoms with Gasteiger partial charge < -0.3 is 10.8 Å². The Labute approximate surface area is 80.8 Å². The fourth-order valence-electron chi connectivity index (χ4n) is 1.20. The van der Waals surface area contributed by atoms with E-state index in [4.69, 9.17) is 10.8 Å². The smallest absolute Gasteiger partial charge is 0.222 e. The van der Waals surface area contributed by atoms with E-state index in [1.54, 1.807) is 35.9 Å². The minimum Gasteiger partial charge on any atom is -0.508 e. The zero-order chi connectivity index (χ0) is 10.1. The van der Waals surface area contributed by atoms with Gasteiger partial charge in [0, 0.05) is 12.6 Å². The molecule has 3 N–H and O–H groups in total. The topological polar surface area (TPSA) is 77.0 Å². The van der Waals surface area contributed by atoms with Crippen LogP contribution >= 0.6 is 0 Å². The van der Waals surface area contributed by atoms with Crippen LogP contribution in [0.25, 0.3) is 11.4 Å². The average molecular weight is 190 g/mol. The van der Waals surface area contributed by atoms with Gasteiger partial charge in [-0.15, -0.1) is 10.2 Å².